The first kappa shape index (κ1) is 7.09. The first-order valence-corrected chi connectivity index (χ1v) is 3.73. The van der Waals surface area contributed by atoms with Crippen LogP contribution >= 0.6 is 0 Å². The molecule has 0 saturated carbocycles. The quantitative estimate of drug-likeness (QED) is 0.604. The largest absolute Gasteiger partial charge is 0.349 e. The fourth-order valence-electron chi connectivity index (χ4n) is 1.28. The highest BCUT2D eigenvalue weighted by atomic mass is 16.2. The molecule has 0 unspecified atom stereocenters. The van der Waals surface area contributed by atoms with Gasteiger partial charge in [-0.25, -0.2) is 4.98 Å². The zero-order valence-corrected chi connectivity index (χ0v) is 6.74. The second-order valence-corrected chi connectivity index (χ2v) is 2.78. The lowest BCUT2D eigenvalue weighted by molar-refractivity contribution is -0.115. The predicted molar refractivity (Wildman–Crippen MR) is 46.1 cm³/mol. The number of hydrogen-bond donors (Lipinski definition) is 1. The van der Waals surface area contributed by atoms with Crippen LogP contribution in [0.25, 0.3) is 0 Å². The smallest absolute Gasteiger partial charge is 0.244 e. The van der Waals surface area contributed by atoms with Crippen LogP contribution in [0, 0.1) is 0 Å². The van der Waals surface area contributed by atoms with Crippen molar-refractivity contribution in [3.63, 3.8) is 0 Å². The molecule has 0 atom stereocenters. The Morgan fingerprint density at radius 3 is 3.33 bits per heavy atom. The molecule has 2 rings (SSSR count). The third-order valence-corrected chi connectivity index (χ3v) is 1.80. The number of nitrogens with one attached hydrogen (secondary N) is 1. The normalized spacial score (nSPS) is 15.4. The number of hydrogen-bond acceptors (Lipinski definition) is 3. The van der Waals surface area contributed by atoms with Gasteiger partial charge in [0.1, 0.15) is 0 Å². The minimum atomic E-state index is 0.0120. The van der Waals surface area contributed by atoms with E-state index in [0.29, 0.717) is 6.54 Å². The lowest BCUT2D eigenvalue weighted by Crippen LogP contribution is -2.35. The number of carbonyl (C=O) groups is 1. The van der Waals surface area contributed by atoms with Crippen molar-refractivity contribution in [1.82, 2.24) is 4.98 Å². The third-order valence-electron chi connectivity index (χ3n) is 1.80. The zero-order chi connectivity index (χ0) is 8.55. The molecule has 62 valence electrons. The Bertz CT molecular complexity index is 324. The van der Waals surface area contributed by atoms with Crippen LogP contribution in [0.2, 0.25) is 0 Å². The monoisotopic (exact) mass is 163 g/mol. The highest BCUT2D eigenvalue weighted by Gasteiger charge is 2.18. The molecule has 1 N–H and O–H groups in total. The van der Waals surface area contributed by atoms with Gasteiger partial charge >= 0.3 is 0 Å². The molecule has 1 aliphatic heterocycles. The van der Waals surface area contributed by atoms with Gasteiger partial charge in [0, 0.05) is 13.2 Å². The number of fused-ring (bicyclic) bond motifs is 1. The molecule has 0 spiro atoms. The van der Waals surface area contributed by atoms with E-state index in [4.69, 9.17) is 0 Å². The van der Waals surface area contributed by atoms with Gasteiger partial charge in [0.15, 0.2) is 5.82 Å². The van der Waals surface area contributed by atoms with Crippen molar-refractivity contribution in [1.29, 1.82) is 0 Å². The zero-order valence-electron chi connectivity index (χ0n) is 6.74. The van der Waals surface area contributed by atoms with E-state index in [9.17, 15) is 4.79 Å². The van der Waals surface area contributed by atoms with Gasteiger partial charge in [-0.05, 0) is 12.1 Å². The van der Waals surface area contributed by atoms with Crippen LogP contribution < -0.4 is 10.2 Å². The summed E-state index contributed by atoms with van der Waals surface area (Å²) in [6, 6.07) is 3.65. The average Bonchev–Trinajstić information content (AvgIpc) is 2.04. The molecule has 4 heteroatoms. The van der Waals surface area contributed by atoms with Gasteiger partial charge in [0.05, 0.1) is 12.2 Å². The van der Waals surface area contributed by atoms with Crippen LogP contribution in [-0.4, -0.2) is 24.5 Å². The van der Waals surface area contributed by atoms with E-state index in [1.165, 1.54) is 0 Å². The van der Waals surface area contributed by atoms with E-state index >= 15 is 0 Å². The first-order chi connectivity index (χ1) is 5.77. The molecular weight excluding hydrogens is 154 g/mol. The minimum Gasteiger partial charge on any atom is -0.349 e. The lowest BCUT2D eigenvalue weighted by Gasteiger charge is -2.25. The van der Waals surface area contributed by atoms with Crippen LogP contribution in [0.3, 0.4) is 0 Å². The van der Waals surface area contributed by atoms with Gasteiger partial charge < -0.3 is 10.2 Å². The van der Waals surface area contributed by atoms with Gasteiger partial charge in [0.2, 0.25) is 5.91 Å². The molecule has 1 amide bonds. The highest BCUT2D eigenvalue weighted by molar-refractivity contribution is 5.99. The van der Waals surface area contributed by atoms with Gasteiger partial charge in [-0.15, -0.1) is 0 Å². The van der Waals surface area contributed by atoms with Crippen LogP contribution in [0.5, 0.6) is 0 Å². The number of nitrogens with zero attached hydrogens (tertiary/aromatic N) is 2. The summed E-state index contributed by atoms with van der Waals surface area (Å²) in [7, 11) is 1.85. The summed E-state index contributed by atoms with van der Waals surface area (Å²) in [5.41, 5.74) is 0.788. The molecule has 4 nitrogen and oxygen atoms in total. The minimum absolute atomic E-state index is 0.0120. The van der Waals surface area contributed by atoms with E-state index < -0.39 is 0 Å². The number of amides is 1. The highest BCUT2D eigenvalue weighted by Crippen LogP contribution is 2.24. The van der Waals surface area contributed by atoms with Crippen LogP contribution in [0.4, 0.5) is 11.5 Å². The Hall–Kier alpha value is -1.58. The molecule has 12 heavy (non-hydrogen) atoms. The molecular formula is C8H9N3O. The lowest BCUT2D eigenvalue weighted by atomic mass is 10.3. The van der Waals surface area contributed by atoms with Gasteiger partial charge in [-0.1, -0.05) is 0 Å². The van der Waals surface area contributed by atoms with Crippen LogP contribution in [0.1, 0.15) is 0 Å². The summed E-state index contributed by atoms with van der Waals surface area (Å²) in [6.07, 6.45) is 1.72. The number of likely N-dealkylation sites (N-methyl/N-ethyl adjacent to an activating group) is 1. The molecule has 0 radical (unpaired) electrons. The van der Waals surface area contributed by atoms with E-state index in [1.807, 2.05) is 18.0 Å². The number of pyridine rings is 1. The van der Waals surface area contributed by atoms with E-state index in [2.05, 4.69) is 10.3 Å². The van der Waals surface area contributed by atoms with Crippen molar-refractivity contribution in [3.8, 4) is 0 Å². The number of rotatable bonds is 0. The van der Waals surface area contributed by atoms with Gasteiger partial charge in [0.25, 0.3) is 0 Å². The number of carbonyl (C=O) groups excluding carboxylic acids is 1. The van der Waals surface area contributed by atoms with Gasteiger partial charge in [-0.3, -0.25) is 4.79 Å². The second-order valence-electron chi connectivity index (χ2n) is 2.78. The summed E-state index contributed by atoms with van der Waals surface area (Å²) in [6.45, 7) is 0.379. The van der Waals surface area contributed by atoms with E-state index in [0.717, 1.165) is 11.5 Å². The van der Waals surface area contributed by atoms with Crippen LogP contribution in [-0.2, 0) is 4.79 Å². The predicted octanol–water partition coefficient (Wildman–Crippen LogP) is 0.470. The molecule has 0 saturated heterocycles. The van der Waals surface area contributed by atoms with Crippen molar-refractivity contribution in [3.05, 3.63) is 18.3 Å². The van der Waals surface area contributed by atoms with Crippen molar-refractivity contribution in [2.75, 3.05) is 23.8 Å². The Morgan fingerprint density at radius 1 is 1.67 bits per heavy atom. The van der Waals surface area contributed by atoms with Crippen LogP contribution in [0.15, 0.2) is 18.3 Å². The molecule has 0 bridgehead atoms. The number of aromatic nitrogens is 1. The SMILES string of the molecule is CN1CC(=O)Nc2cccnc21. The Labute approximate surface area is 70.2 Å². The Balaban J connectivity index is 2.47. The maximum Gasteiger partial charge on any atom is 0.244 e. The average molecular weight is 163 g/mol. The Kier molecular flexibility index (Phi) is 1.46. The van der Waals surface area contributed by atoms with E-state index in [-0.39, 0.29) is 5.91 Å². The van der Waals surface area contributed by atoms with Crippen molar-refractivity contribution >= 4 is 17.4 Å². The summed E-state index contributed by atoms with van der Waals surface area (Å²) < 4.78 is 0. The molecule has 1 aromatic rings. The molecule has 0 aliphatic carbocycles. The molecule has 1 aromatic heterocycles. The summed E-state index contributed by atoms with van der Waals surface area (Å²) in [5.74, 6) is 0.843. The summed E-state index contributed by atoms with van der Waals surface area (Å²) in [5, 5.41) is 2.75. The van der Waals surface area contributed by atoms with Crippen molar-refractivity contribution in [2.24, 2.45) is 0 Å². The first-order valence-electron chi connectivity index (χ1n) is 3.73. The summed E-state index contributed by atoms with van der Waals surface area (Å²) >= 11 is 0. The fraction of sp³-hybridized carbons (Fsp3) is 0.250. The number of anilines is 2. The Morgan fingerprint density at radius 2 is 2.50 bits per heavy atom. The molecule has 0 aromatic carbocycles. The topological polar surface area (TPSA) is 45.2 Å². The molecule has 1 aliphatic rings. The van der Waals surface area contributed by atoms with Crippen molar-refractivity contribution in [2.45, 2.75) is 0 Å². The maximum absolute atomic E-state index is 11.1. The maximum atomic E-state index is 11.1. The fourth-order valence-corrected chi connectivity index (χ4v) is 1.28. The molecule has 0 fully saturated rings. The molecule has 2 heterocycles. The van der Waals surface area contributed by atoms with Gasteiger partial charge in [-0.2, -0.15) is 0 Å². The van der Waals surface area contributed by atoms with E-state index in [1.54, 1.807) is 12.3 Å². The second kappa shape index (κ2) is 2.48. The third kappa shape index (κ3) is 1.01. The standard InChI is InChI=1S/C8H9N3O/c1-11-5-7(12)10-6-3-2-4-9-8(6)11/h2-4H,5H2,1H3,(H,10,12). The summed E-state index contributed by atoms with van der Waals surface area (Å²) in [4.78, 5) is 17.0. The van der Waals surface area contributed by atoms with Crippen molar-refractivity contribution < 1.29 is 4.79 Å².